The molecule has 0 saturated carbocycles. The summed E-state index contributed by atoms with van der Waals surface area (Å²) in [5.74, 6) is -0.748. The first-order chi connectivity index (χ1) is 9.52. The normalized spacial score (nSPS) is 9.90. The summed E-state index contributed by atoms with van der Waals surface area (Å²) in [7, 11) is 1.30. The van der Waals surface area contributed by atoms with Crippen LogP contribution in [0.3, 0.4) is 0 Å². The van der Waals surface area contributed by atoms with Gasteiger partial charge in [-0.15, -0.1) is 0 Å². The van der Waals surface area contributed by atoms with Crippen molar-refractivity contribution < 1.29 is 19.1 Å². The Morgan fingerprint density at radius 1 is 1.15 bits per heavy atom. The van der Waals surface area contributed by atoms with E-state index >= 15 is 0 Å². The van der Waals surface area contributed by atoms with Gasteiger partial charge in [-0.05, 0) is 18.6 Å². The van der Waals surface area contributed by atoms with Crippen molar-refractivity contribution in [1.82, 2.24) is 5.32 Å². The zero-order valence-corrected chi connectivity index (χ0v) is 12.7. The molecule has 0 aromatic heterocycles. The fraction of sp³-hybridized carbons (Fsp3) is 0.357. The molecule has 5 nitrogen and oxygen atoms in total. The van der Waals surface area contributed by atoms with Crippen LogP contribution in [0.2, 0.25) is 0 Å². The second-order valence-corrected chi connectivity index (χ2v) is 5.05. The minimum Gasteiger partial charge on any atom is -0.469 e. The van der Waals surface area contributed by atoms with Gasteiger partial charge in [-0.3, -0.25) is 14.4 Å². The van der Waals surface area contributed by atoms with E-state index in [2.05, 4.69) is 26.0 Å². The van der Waals surface area contributed by atoms with E-state index in [4.69, 9.17) is 0 Å². The number of carbonyl (C=O) groups excluding carboxylic acids is 3. The third-order valence-corrected chi connectivity index (χ3v) is 3.15. The van der Waals surface area contributed by atoms with Crippen LogP contribution in [0.1, 0.15) is 29.6 Å². The fourth-order valence-electron chi connectivity index (χ4n) is 1.50. The minimum absolute atomic E-state index is 0.0430. The average molecular weight is 342 g/mol. The highest BCUT2D eigenvalue weighted by atomic mass is 79.9. The first kappa shape index (κ1) is 16.4. The number of methoxy groups -OCH3 is 1. The van der Waals surface area contributed by atoms with Gasteiger partial charge < -0.3 is 10.1 Å². The molecule has 0 saturated heterocycles. The Morgan fingerprint density at radius 2 is 1.80 bits per heavy atom. The molecule has 1 N–H and O–H groups in total. The molecule has 20 heavy (non-hydrogen) atoms. The van der Waals surface area contributed by atoms with Gasteiger partial charge in [-0.1, -0.05) is 28.1 Å². The molecule has 0 heterocycles. The number of halogens is 1. The summed E-state index contributed by atoms with van der Waals surface area (Å²) >= 11 is 3.28. The summed E-state index contributed by atoms with van der Waals surface area (Å²) in [6.45, 7) is -0.0430. The van der Waals surface area contributed by atoms with Gasteiger partial charge in [0.2, 0.25) is 5.91 Å². The molecule has 0 spiro atoms. The molecule has 0 atom stereocenters. The Bertz CT molecular complexity index is 484. The van der Waals surface area contributed by atoms with Crippen molar-refractivity contribution in [3.63, 3.8) is 0 Å². The predicted octanol–water partition coefficient (Wildman–Crippen LogP) is 2.09. The number of carbonyl (C=O) groups is 3. The van der Waals surface area contributed by atoms with Crippen LogP contribution in [0, 0.1) is 0 Å². The number of amides is 1. The molecular weight excluding hydrogens is 326 g/mol. The van der Waals surface area contributed by atoms with E-state index in [9.17, 15) is 14.4 Å². The highest BCUT2D eigenvalue weighted by molar-refractivity contribution is 9.10. The maximum absolute atomic E-state index is 11.8. The van der Waals surface area contributed by atoms with Crippen molar-refractivity contribution in [2.75, 3.05) is 13.7 Å². The molecular formula is C14H16BrNO4. The molecule has 0 unspecified atom stereocenters. The predicted molar refractivity (Wildman–Crippen MR) is 77.3 cm³/mol. The molecule has 108 valence electrons. The Balaban J connectivity index is 2.28. The lowest BCUT2D eigenvalue weighted by molar-refractivity contribution is -0.140. The van der Waals surface area contributed by atoms with Crippen molar-refractivity contribution >= 4 is 33.6 Å². The Labute approximate surface area is 125 Å². The van der Waals surface area contributed by atoms with Gasteiger partial charge in [0.05, 0.1) is 13.7 Å². The molecule has 0 radical (unpaired) electrons. The molecule has 1 rings (SSSR count). The summed E-state index contributed by atoms with van der Waals surface area (Å²) in [6, 6.07) is 6.92. The molecule has 0 aliphatic rings. The smallest absolute Gasteiger partial charge is 0.305 e. The van der Waals surface area contributed by atoms with Crippen LogP contribution >= 0.6 is 15.9 Å². The average Bonchev–Trinajstić information content (AvgIpc) is 2.45. The zero-order valence-electron chi connectivity index (χ0n) is 11.1. The van der Waals surface area contributed by atoms with E-state index in [1.54, 1.807) is 24.3 Å². The fourth-order valence-corrected chi connectivity index (χ4v) is 1.76. The van der Waals surface area contributed by atoms with Gasteiger partial charge in [0.1, 0.15) is 0 Å². The highest BCUT2D eigenvalue weighted by Crippen LogP contribution is 2.10. The summed E-state index contributed by atoms with van der Waals surface area (Å²) in [5, 5.41) is 2.53. The van der Waals surface area contributed by atoms with Gasteiger partial charge in [0.15, 0.2) is 5.78 Å². The Morgan fingerprint density at radius 3 is 2.40 bits per heavy atom. The summed E-state index contributed by atoms with van der Waals surface area (Å²) in [4.78, 5) is 34.1. The van der Waals surface area contributed by atoms with Crippen molar-refractivity contribution in [2.45, 2.75) is 19.3 Å². The molecule has 0 bridgehead atoms. The summed E-state index contributed by atoms with van der Waals surface area (Å²) in [5.41, 5.74) is 0.545. The van der Waals surface area contributed by atoms with Crippen LogP contribution in [0.5, 0.6) is 0 Å². The zero-order chi connectivity index (χ0) is 15.0. The standard InChI is InChI=1S/C14H16BrNO4/c1-20-14(19)4-2-3-13(18)16-9-12(17)10-5-7-11(15)8-6-10/h5-8H,2-4,9H2,1H3,(H,16,18). The first-order valence-corrected chi connectivity index (χ1v) is 6.94. The van der Waals surface area contributed by atoms with Crippen molar-refractivity contribution in [1.29, 1.82) is 0 Å². The third kappa shape index (κ3) is 5.97. The van der Waals surface area contributed by atoms with Crippen LogP contribution in [0.15, 0.2) is 28.7 Å². The van der Waals surface area contributed by atoms with E-state index in [1.165, 1.54) is 7.11 Å². The molecule has 1 aromatic rings. The summed E-state index contributed by atoms with van der Waals surface area (Å²) in [6.07, 6.45) is 0.804. The third-order valence-electron chi connectivity index (χ3n) is 2.62. The van der Waals surface area contributed by atoms with Crippen molar-refractivity contribution in [3.05, 3.63) is 34.3 Å². The van der Waals surface area contributed by atoms with Crippen LogP contribution < -0.4 is 5.32 Å². The largest absolute Gasteiger partial charge is 0.469 e. The monoisotopic (exact) mass is 341 g/mol. The van der Waals surface area contributed by atoms with Crippen LogP contribution in [-0.4, -0.2) is 31.3 Å². The van der Waals surface area contributed by atoms with E-state index in [0.29, 0.717) is 12.0 Å². The van der Waals surface area contributed by atoms with Crippen LogP contribution in [-0.2, 0) is 14.3 Å². The molecule has 0 aliphatic heterocycles. The Hall–Kier alpha value is -1.69. The van der Waals surface area contributed by atoms with E-state index in [1.807, 2.05) is 0 Å². The maximum atomic E-state index is 11.8. The number of benzene rings is 1. The van der Waals surface area contributed by atoms with Gasteiger partial charge >= 0.3 is 5.97 Å². The van der Waals surface area contributed by atoms with Crippen LogP contribution in [0.25, 0.3) is 0 Å². The first-order valence-electron chi connectivity index (χ1n) is 6.15. The van der Waals surface area contributed by atoms with Crippen LogP contribution in [0.4, 0.5) is 0 Å². The van der Waals surface area contributed by atoms with Gasteiger partial charge in [-0.25, -0.2) is 0 Å². The van der Waals surface area contributed by atoms with E-state index in [-0.39, 0.29) is 37.0 Å². The number of hydrogen-bond donors (Lipinski definition) is 1. The number of Topliss-reactive ketones (excluding diaryl/α,β-unsaturated/α-hetero) is 1. The van der Waals surface area contributed by atoms with E-state index < -0.39 is 0 Å². The van der Waals surface area contributed by atoms with Crippen molar-refractivity contribution in [2.24, 2.45) is 0 Å². The second kappa shape index (κ2) is 8.47. The van der Waals surface area contributed by atoms with Crippen molar-refractivity contribution in [3.8, 4) is 0 Å². The van der Waals surface area contributed by atoms with Gasteiger partial charge in [-0.2, -0.15) is 0 Å². The lowest BCUT2D eigenvalue weighted by atomic mass is 10.1. The number of ketones is 1. The number of ether oxygens (including phenoxy) is 1. The second-order valence-electron chi connectivity index (χ2n) is 4.14. The summed E-state index contributed by atoms with van der Waals surface area (Å²) < 4.78 is 5.36. The molecule has 6 heteroatoms. The van der Waals surface area contributed by atoms with Gasteiger partial charge in [0, 0.05) is 22.9 Å². The molecule has 1 amide bonds. The van der Waals surface area contributed by atoms with Gasteiger partial charge in [0.25, 0.3) is 0 Å². The number of esters is 1. The SMILES string of the molecule is COC(=O)CCCC(=O)NCC(=O)c1ccc(Br)cc1. The maximum Gasteiger partial charge on any atom is 0.305 e. The van der Waals surface area contributed by atoms with E-state index in [0.717, 1.165) is 4.47 Å². The topological polar surface area (TPSA) is 72.5 Å². The quantitative estimate of drug-likeness (QED) is 0.608. The lowest BCUT2D eigenvalue weighted by Crippen LogP contribution is -2.29. The number of hydrogen-bond acceptors (Lipinski definition) is 4. The molecule has 1 aromatic carbocycles. The lowest BCUT2D eigenvalue weighted by Gasteiger charge is -2.05. The highest BCUT2D eigenvalue weighted by Gasteiger charge is 2.09. The number of nitrogens with one attached hydrogen (secondary N) is 1. The minimum atomic E-state index is -0.344. The number of rotatable bonds is 7. The molecule has 0 aliphatic carbocycles. The molecule has 0 fully saturated rings. The Kier molecular flexibility index (Phi) is 6.93.